The van der Waals surface area contributed by atoms with E-state index in [0.717, 1.165) is 18.9 Å². The predicted molar refractivity (Wildman–Crippen MR) is 76.2 cm³/mol. The van der Waals surface area contributed by atoms with Gasteiger partial charge in [-0.2, -0.15) is 24.9 Å². The van der Waals surface area contributed by atoms with Crippen LogP contribution in [0.15, 0.2) is 24.3 Å². The lowest BCUT2D eigenvalue weighted by Crippen LogP contribution is -2.31. The van der Waals surface area contributed by atoms with E-state index in [1.54, 1.807) is 17.8 Å². The molecule has 0 bridgehead atoms. The number of halogens is 3. The first-order valence-electron chi connectivity index (χ1n) is 6.76. The van der Waals surface area contributed by atoms with E-state index in [4.69, 9.17) is 5.84 Å². The third kappa shape index (κ3) is 3.90. The highest BCUT2D eigenvalue weighted by atomic mass is 32.2. The SMILES string of the molecule is NNC(CSC1CCCC1)c1ccccc1C(F)(F)F. The number of nitrogens with one attached hydrogen (secondary N) is 1. The summed E-state index contributed by atoms with van der Waals surface area (Å²) in [6, 6.07) is 5.17. The van der Waals surface area contributed by atoms with Gasteiger partial charge in [0, 0.05) is 11.0 Å². The van der Waals surface area contributed by atoms with E-state index in [1.165, 1.54) is 25.0 Å². The maximum absolute atomic E-state index is 13.0. The van der Waals surface area contributed by atoms with Gasteiger partial charge >= 0.3 is 6.18 Å². The zero-order chi connectivity index (χ0) is 14.6. The quantitative estimate of drug-likeness (QED) is 0.640. The second-order valence-corrected chi connectivity index (χ2v) is 6.38. The van der Waals surface area contributed by atoms with Crippen molar-refractivity contribution in [3.05, 3.63) is 35.4 Å². The summed E-state index contributed by atoms with van der Waals surface area (Å²) in [5, 5.41) is 0.559. The normalized spacial score (nSPS) is 18.4. The number of thioether (sulfide) groups is 1. The van der Waals surface area contributed by atoms with Crippen molar-refractivity contribution in [1.82, 2.24) is 5.43 Å². The summed E-state index contributed by atoms with van der Waals surface area (Å²) in [4.78, 5) is 0. The molecule has 0 radical (unpaired) electrons. The molecule has 1 aliphatic rings. The fourth-order valence-electron chi connectivity index (χ4n) is 2.57. The Kier molecular flexibility index (Phi) is 5.35. The Morgan fingerprint density at radius 2 is 1.90 bits per heavy atom. The van der Waals surface area contributed by atoms with E-state index in [0.29, 0.717) is 11.0 Å². The van der Waals surface area contributed by atoms with E-state index >= 15 is 0 Å². The number of hydrazine groups is 1. The smallest absolute Gasteiger partial charge is 0.271 e. The molecule has 0 saturated heterocycles. The van der Waals surface area contributed by atoms with Gasteiger partial charge in [-0.25, -0.2) is 0 Å². The average molecular weight is 304 g/mol. The first-order chi connectivity index (χ1) is 9.52. The minimum absolute atomic E-state index is 0.230. The van der Waals surface area contributed by atoms with Gasteiger partial charge in [-0.05, 0) is 24.5 Å². The molecule has 1 aromatic rings. The highest BCUT2D eigenvalue weighted by Crippen LogP contribution is 2.37. The molecule has 1 aliphatic carbocycles. The monoisotopic (exact) mass is 304 g/mol. The van der Waals surface area contributed by atoms with Crippen molar-refractivity contribution in [2.24, 2.45) is 5.84 Å². The summed E-state index contributed by atoms with van der Waals surface area (Å²) in [7, 11) is 0. The van der Waals surface area contributed by atoms with Gasteiger partial charge in [-0.15, -0.1) is 0 Å². The summed E-state index contributed by atoms with van der Waals surface area (Å²) < 4.78 is 39.0. The minimum Gasteiger partial charge on any atom is -0.271 e. The molecule has 0 aromatic heterocycles. The second-order valence-electron chi connectivity index (χ2n) is 5.04. The van der Waals surface area contributed by atoms with Gasteiger partial charge in [0.05, 0.1) is 11.6 Å². The highest BCUT2D eigenvalue weighted by Gasteiger charge is 2.34. The molecule has 6 heteroatoms. The van der Waals surface area contributed by atoms with E-state index in [-0.39, 0.29) is 5.56 Å². The Labute approximate surface area is 121 Å². The molecule has 0 amide bonds. The van der Waals surface area contributed by atoms with Gasteiger partial charge in [0.2, 0.25) is 0 Å². The van der Waals surface area contributed by atoms with E-state index < -0.39 is 17.8 Å². The fraction of sp³-hybridized carbons (Fsp3) is 0.571. The van der Waals surface area contributed by atoms with Crippen LogP contribution < -0.4 is 11.3 Å². The number of nitrogens with two attached hydrogens (primary N) is 1. The number of alkyl halides is 3. The number of hydrogen-bond donors (Lipinski definition) is 2. The molecule has 0 heterocycles. The fourth-order valence-corrected chi connectivity index (χ4v) is 3.98. The standard InChI is InChI=1S/C14H19F3N2S/c15-14(16,17)12-8-4-3-7-11(12)13(19-18)9-20-10-5-1-2-6-10/h3-4,7-8,10,13,19H,1-2,5-6,9,18H2. The van der Waals surface area contributed by atoms with Crippen molar-refractivity contribution < 1.29 is 13.2 Å². The first-order valence-corrected chi connectivity index (χ1v) is 7.81. The molecule has 1 atom stereocenters. The van der Waals surface area contributed by atoms with Crippen LogP contribution in [0.4, 0.5) is 13.2 Å². The molecule has 112 valence electrons. The Morgan fingerprint density at radius 3 is 2.50 bits per heavy atom. The molecule has 2 rings (SSSR count). The zero-order valence-corrected chi connectivity index (χ0v) is 11.9. The number of benzene rings is 1. The van der Waals surface area contributed by atoms with E-state index in [2.05, 4.69) is 5.43 Å². The van der Waals surface area contributed by atoms with Crippen molar-refractivity contribution in [2.75, 3.05) is 5.75 Å². The second kappa shape index (κ2) is 6.83. The number of hydrogen-bond acceptors (Lipinski definition) is 3. The van der Waals surface area contributed by atoms with Gasteiger partial charge < -0.3 is 0 Å². The Morgan fingerprint density at radius 1 is 1.25 bits per heavy atom. The van der Waals surface area contributed by atoms with Crippen molar-refractivity contribution in [2.45, 2.75) is 43.2 Å². The predicted octanol–water partition coefficient (Wildman–Crippen LogP) is 3.89. The first kappa shape index (κ1) is 15.7. The molecule has 1 fully saturated rings. The largest absolute Gasteiger partial charge is 0.416 e. The molecule has 0 aliphatic heterocycles. The number of rotatable bonds is 5. The minimum atomic E-state index is -4.34. The summed E-state index contributed by atoms with van der Waals surface area (Å²) >= 11 is 1.72. The van der Waals surface area contributed by atoms with Crippen LogP contribution in [-0.2, 0) is 6.18 Å². The van der Waals surface area contributed by atoms with Crippen molar-refractivity contribution >= 4 is 11.8 Å². The van der Waals surface area contributed by atoms with Crippen LogP contribution in [0.2, 0.25) is 0 Å². The summed E-state index contributed by atoms with van der Waals surface area (Å²) in [5.74, 6) is 6.03. The topological polar surface area (TPSA) is 38.0 Å². The maximum Gasteiger partial charge on any atom is 0.416 e. The highest BCUT2D eigenvalue weighted by molar-refractivity contribution is 7.99. The lowest BCUT2D eigenvalue weighted by molar-refractivity contribution is -0.138. The van der Waals surface area contributed by atoms with Crippen molar-refractivity contribution in [3.63, 3.8) is 0 Å². The van der Waals surface area contributed by atoms with Crippen LogP contribution in [0.25, 0.3) is 0 Å². The molecule has 20 heavy (non-hydrogen) atoms. The van der Waals surface area contributed by atoms with Crippen molar-refractivity contribution in [1.29, 1.82) is 0 Å². The van der Waals surface area contributed by atoms with Gasteiger partial charge in [0.25, 0.3) is 0 Å². The molecule has 2 nitrogen and oxygen atoms in total. The molecule has 1 saturated carbocycles. The van der Waals surface area contributed by atoms with Gasteiger partial charge in [-0.1, -0.05) is 31.0 Å². The molecule has 1 aromatic carbocycles. The summed E-state index contributed by atoms with van der Waals surface area (Å²) in [6.45, 7) is 0. The molecule has 0 spiro atoms. The van der Waals surface area contributed by atoms with E-state index in [1.807, 2.05) is 0 Å². The van der Waals surface area contributed by atoms with Crippen LogP contribution in [0.1, 0.15) is 42.9 Å². The third-order valence-corrected chi connectivity index (χ3v) is 5.11. The average Bonchev–Trinajstić information content (AvgIpc) is 2.92. The van der Waals surface area contributed by atoms with Crippen LogP contribution in [-0.4, -0.2) is 11.0 Å². The Hall–Kier alpha value is -0.720. The van der Waals surface area contributed by atoms with Crippen molar-refractivity contribution in [3.8, 4) is 0 Å². The lowest BCUT2D eigenvalue weighted by Gasteiger charge is -2.22. The van der Waals surface area contributed by atoms with Gasteiger partial charge in [0.15, 0.2) is 0 Å². The summed E-state index contributed by atoms with van der Waals surface area (Å²) in [6.07, 6.45) is 0.407. The Bertz CT molecular complexity index is 431. The van der Waals surface area contributed by atoms with Crippen LogP contribution >= 0.6 is 11.8 Å². The molecular formula is C14H19F3N2S. The lowest BCUT2D eigenvalue weighted by atomic mass is 10.0. The summed E-state index contributed by atoms with van der Waals surface area (Å²) in [5.41, 5.74) is 2.16. The Balaban J connectivity index is 2.10. The van der Waals surface area contributed by atoms with Crippen LogP contribution in [0.5, 0.6) is 0 Å². The van der Waals surface area contributed by atoms with E-state index in [9.17, 15) is 13.2 Å². The maximum atomic E-state index is 13.0. The molecule has 1 unspecified atom stereocenters. The van der Waals surface area contributed by atoms with Gasteiger partial charge in [-0.3, -0.25) is 11.3 Å². The van der Waals surface area contributed by atoms with Crippen LogP contribution in [0.3, 0.4) is 0 Å². The molecule has 3 N–H and O–H groups in total. The zero-order valence-electron chi connectivity index (χ0n) is 11.1. The third-order valence-electron chi connectivity index (χ3n) is 3.64. The van der Waals surface area contributed by atoms with Crippen LogP contribution in [0, 0.1) is 0 Å². The van der Waals surface area contributed by atoms with Gasteiger partial charge in [0.1, 0.15) is 0 Å². The molecular weight excluding hydrogens is 285 g/mol.